The van der Waals surface area contributed by atoms with E-state index in [1.165, 1.54) is 24.3 Å². The molecule has 2 heterocycles. The van der Waals surface area contributed by atoms with Crippen LogP contribution in [0.2, 0.25) is 0 Å². The largest absolute Gasteiger partial charge is 0.460 e. The van der Waals surface area contributed by atoms with Gasteiger partial charge < -0.3 is 9.47 Å². The topological polar surface area (TPSA) is 107 Å². The first-order valence-electron chi connectivity index (χ1n) is 10.7. The van der Waals surface area contributed by atoms with Crippen molar-refractivity contribution in [1.82, 2.24) is 3.71 Å². The van der Waals surface area contributed by atoms with Gasteiger partial charge >= 0.3 is 5.97 Å². The molecule has 0 unspecified atom stereocenters. The fourth-order valence-corrected chi connectivity index (χ4v) is 7.96. The first kappa shape index (κ1) is 23.9. The number of aryl methyl sites for hydroxylation is 2. The molecule has 0 amide bonds. The van der Waals surface area contributed by atoms with Crippen molar-refractivity contribution in [3.05, 3.63) is 59.7 Å². The first-order valence-corrected chi connectivity index (χ1v) is 13.6. The molecule has 0 radical (unpaired) electrons. The van der Waals surface area contributed by atoms with E-state index in [0.29, 0.717) is 29.8 Å². The van der Waals surface area contributed by atoms with E-state index in [1.54, 1.807) is 24.3 Å². The van der Waals surface area contributed by atoms with Crippen LogP contribution in [-0.2, 0) is 34.3 Å². The number of cyclic esters (lactones) is 1. The third-order valence-electron chi connectivity index (χ3n) is 6.30. The van der Waals surface area contributed by atoms with Crippen LogP contribution in [0.3, 0.4) is 0 Å². The summed E-state index contributed by atoms with van der Waals surface area (Å²) in [5, 5.41) is 0. The molecule has 1 atom stereocenters. The lowest BCUT2D eigenvalue weighted by Gasteiger charge is -2.29. The van der Waals surface area contributed by atoms with Gasteiger partial charge in [-0.05, 0) is 51.0 Å². The summed E-state index contributed by atoms with van der Waals surface area (Å²) in [6.45, 7) is 3.95. The van der Waals surface area contributed by atoms with E-state index >= 15 is 0 Å². The van der Waals surface area contributed by atoms with Crippen molar-refractivity contribution >= 4 is 26.0 Å². The molecule has 33 heavy (non-hydrogen) atoms. The average molecular weight is 494 g/mol. The van der Waals surface area contributed by atoms with Crippen molar-refractivity contribution in [2.75, 3.05) is 19.8 Å². The Balaban J connectivity index is 1.72. The zero-order valence-corrected chi connectivity index (χ0v) is 20.2. The van der Waals surface area contributed by atoms with Gasteiger partial charge in [-0.15, -0.1) is 0 Å². The van der Waals surface area contributed by atoms with Gasteiger partial charge in [0.2, 0.25) is 0 Å². The van der Waals surface area contributed by atoms with Crippen LogP contribution in [-0.4, -0.2) is 52.4 Å². The molecule has 2 aliphatic rings. The number of carbonyl (C=O) groups excluding carboxylic acids is 1. The molecular weight excluding hydrogens is 466 g/mol. The van der Waals surface area contributed by atoms with E-state index in [2.05, 4.69) is 0 Å². The van der Waals surface area contributed by atoms with Crippen LogP contribution in [0.5, 0.6) is 0 Å². The highest BCUT2D eigenvalue weighted by Crippen LogP contribution is 2.43. The molecule has 10 heteroatoms. The minimum atomic E-state index is -4.45. The molecule has 0 saturated carbocycles. The van der Waals surface area contributed by atoms with E-state index in [9.17, 15) is 21.6 Å². The van der Waals surface area contributed by atoms with Gasteiger partial charge in [0.15, 0.2) is 0 Å². The molecule has 0 aliphatic carbocycles. The molecule has 2 aromatic rings. The normalized spacial score (nSPS) is 20.8. The van der Waals surface area contributed by atoms with Gasteiger partial charge in [-0.25, -0.2) is 16.8 Å². The van der Waals surface area contributed by atoms with E-state index in [4.69, 9.17) is 9.47 Å². The van der Waals surface area contributed by atoms with Crippen molar-refractivity contribution in [2.45, 2.75) is 49.0 Å². The zero-order valence-electron chi connectivity index (χ0n) is 18.6. The molecule has 0 N–H and O–H groups in total. The van der Waals surface area contributed by atoms with Gasteiger partial charge in [-0.2, -0.15) is 0 Å². The van der Waals surface area contributed by atoms with Crippen molar-refractivity contribution in [3.8, 4) is 0 Å². The lowest BCUT2D eigenvalue weighted by Crippen LogP contribution is -2.42. The quantitative estimate of drug-likeness (QED) is 0.570. The summed E-state index contributed by atoms with van der Waals surface area (Å²) in [7, 11) is -8.90. The number of nitrogens with zero attached hydrogens (tertiary/aromatic N) is 1. The van der Waals surface area contributed by atoms with Crippen molar-refractivity contribution in [1.29, 1.82) is 0 Å². The van der Waals surface area contributed by atoms with Gasteiger partial charge in [0.05, 0.1) is 21.8 Å². The third kappa shape index (κ3) is 4.57. The molecule has 4 rings (SSSR count). The van der Waals surface area contributed by atoms with E-state index in [0.717, 1.165) is 11.1 Å². The fraction of sp³-hybridized carbons (Fsp3) is 0.435. The summed E-state index contributed by atoms with van der Waals surface area (Å²) < 4.78 is 65.6. The summed E-state index contributed by atoms with van der Waals surface area (Å²) in [4.78, 5) is 12.4. The highest BCUT2D eigenvalue weighted by molar-refractivity contribution is 8.04. The molecule has 2 aliphatic heterocycles. The maximum Gasteiger partial charge on any atom is 0.312 e. The SMILES string of the molecule is Cc1ccc(S(=O)(=O)N(C[C@@H]2CC3(CCOCC3)C(=O)O2)S(=O)(=O)c2ccc(C)cc2)cc1. The van der Waals surface area contributed by atoms with Crippen LogP contribution < -0.4 is 0 Å². The monoisotopic (exact) mass is 493 g/mol. The Morgan fingerprint density at radius 1 is 0.848 bits per heavy atom. The molecule has 0 aromatic heterocycles. The molecule has 2 fully saturated rings. The van der Waals surface area contributed by atoms with Crippen LogP contribution in [0.1, 0.15) is 30.4 Å². The Kier molecular flexibility index (Phi) is 6.38. The van der Waals surface area contributed by atoms with Crippen LogP contribution >= 0.6 is 0 Å². The van der Waals surface area contributed by atoms with Gasteiger partial charge in [0.1, 0.15) is 6.10 Å². The second-order valence-electron chi connectivity index (χ2n) is 8.72. The maximum absolute atomic E-state index is 13.6. The molecule has 178 valence electrons. The highest BCUT2D eigenvalue weighted by atomic mass is 32.3. The Labute approximate surface area is 194 Å². The van der Waals surface area contributed by atoms with Gasteiger partial charge in [0, 0.05) is 19.6 Å². The van der Waals surface area contributed by atoms with Crippen molar-refractivity contribution in [3.63, 3.8) is 0 Å². The molecule has 2 aromatic carbocycles. The summed E-state index contributed by atoms with van der Waals surface area (Å²) in [5.74, 6) is -0.420. The number of carbonyl (C=O) groups is 1. The zero-order chi connectivity index (χ0) is 23.9. The maximum atomic E-state index is 13.6. The standard InChI is InChI=1S/C23H27NO7S2/c1-17-3-7-20(8-4-17)32(26,27)24(33(28,29)21-9-5-18(2)6-10-21)16-19-15-23(22(25)31-19)11-13-30-14-12-23/h3-10,19H,11-16H2,1-2H3/t19-/m0/s1. The molecule has 8 nitrogen and oxygen atoms in total. The fourth-order valence-electron chi connectivity index (χ4n) is 4.26. The molecular formula is C23H27NO7S2. The number of benzene rings is 2. The lowest BCUT2D eigenvalue weighted by molar-refractivity contribution is -0.152. The Hall–Kier alpha value is -2.27. The molecule has 0 bridgehead atoms. The summed E-state index contributed by atoms with van der Waals surface area (Å²) in [5.41, 5.74) is 0.927. The van der Waals surface area contributed by atoms with Gasteiger partial charge in [-0.1, -0.05) is 39.1 Å². The van der Waals surface area contributed by atoms with Crippen LogP contribution in [0.4, 0.5) is 0 Å². The molecule has 1 spiro atoms. The Morgan fingerprint density at radius 3 is 1.76 bits per heavy atom. The summed E-state index contributed by atoms with van der Waals surface area (Å²) >= 11 is 0. The number of hydrogen-bond acceptors (Lipinski definition) is 7. The van der Waals surface area contributed by atoms with Crippen LogP contribution in [0.15, 0.2) is 58.3 Å². The predicted octanol–water partition coefficient (Wildman–Crippen LogP) is 2.80. The van der Waals surface area contributed by atoms with Gasteiger partial charge in [-0.3, -0.25) is 4.79 Å². The van der Waals surface area contributed by atoms with Crippen LogP contribution in [0.25, 0.3) is 0 Å². The second kappa shape index (κ2) is 8.83. The number of esters is 1. The first-order chi connectivity index (χ1) is 15.5. The smallest absolute Gasteiger partial charge is 0.312 e. The summed E-state index contributed by atoms with van der Waals surface area (Å²) in [6, 6.07) is 11.9. The van der Waals surface area contributed by atoms with Crippen molar-refractivity contribution in [2.24, 2.45) is 5.41 Å². The number of ether oxygens (including phenoxy) is 2. The van der Waals surface area contributed by atoms with E-state index < -0.39 is 44.1 Å². The average Bonchev–Trinajstić information content (AvgIpc) is 3.07. The number of sulfonamides is 2. The Bertz CT molecular complexity index is 1160. The molecule has 2 saturated heterocycles. The minimum absolute atomic E-state index is 0.145. The minimum Gasteiger partial charge on any atom is -0.460 e. The highest BCUT2D eigenvalue weighted by Gasteiger charge is 2.51. The van der Waals surface area contributed by atoms with Crippen molar-refractivity contribution < 1.29 is 31.1 Å². The third-order valence-corrected chi connectivity index (χ3v) is 10.6. The lowest BCUT2D eigenvalue weighted by atomic mass is 9.78. The van der Waals surface area contributed by atoms with E-state index in [1.807, 2.05) is 13.8 Å². The number of rotatable bonds is 6. The van der Waals surface area contributed by atoms with Crippen LogP contribution in [0, 0.1) is 19.3 Å². The Morgan fingerprint density at radius 2 is 1.30 bits per heavy atom. The van der Waals surface area contributed by atoms with E-state index in [-0.39, 0.29) is 16.2 Å². The second-order valence-corrected chi connectivity index (χ2v) is 12.7. The number of hydrogen-bond donors (Lipinski definition) is 0. The van der Waals surface area contributed by atoms with Gasteiger partial charge in [0.25, 0.3) is 20.0 Å². The summed E-state index contributed by atoms with van der Waals surface area (Å²) in [6.07, 6.45) is 0.310. The predicted molar refractivity (Wildman–Crippen MR) is 120 cm³/mol.